The zero-order valence-corrected chi connectivity index (χ0v) is 15.6. The molecule has 5 heterocycles. The monoisotopic (exact) mass is 372 g/mol. The van der Waals surface area contributed by atoms with Crippen LogP contribution in [0.5, 0.6) is 0 Å². The molecule has 0 spiro atoms. The van der Waals surface area contributed by atoms with Gasteiger partial charge >= 0.3 is 0 Å². The molecule has 140 valence electrons. The van der Waals surface area contributed by atoms with Crippen LogP contribution in [-0.4, -0.2) is 51.5 Å². The second-order valence-electron chi connectivity index (χ2n) is 6.85. The predicted molar refractivity (Wildman–Crippen MR) is 108 cm³/mol. The van der Waals surface area contributed by atoms with Crippen LogP contribution in [0.2, 0.25) is 0 Å². The molecule has 0 amide bonds. The van der Waals surface area contributed by atoms with Crippen LogP contribution in [0.15, 0.2) is 48.8 Å². The van der Waals surface area contributed by atoms with Crippen molar-refractivity contribution in [3.8, 4) is 22.6 Å². The summed E-state index contributed by atoms with van der Waals surface area (Å²) in [6.45, 7) is 5.21. The van der Waals surface area contributed by atoms with Crippen molar-refractivity contribution in [2.24, 2.45) is 0 Å². The minimum Gasteiger partial charge on any atom is -0.378 e. The molecule has 0 radical (unpaired) electrons. The van der Waals surface area contributed by atoms with Crippen molar-refractivity contribution in [3.63, 3.8) is 0 Å². The van der Waals surface area contributed by atoms with E-state index in [1.54, 1.807) is 6.20 Å². The maximum Gasteiger partial charge on any atom is 0.0928 e. The average Bonchev–Trinajstić information content (AvgIpc) is 3.23. The SMILES string of the molecule is Cc1cccc(-c2[nH]ncc2-c2ccc3ncc(N4CCOCC4)cc3n2)n1. The lowest BCUT2D eigenvalue weighted by atomic mass is 10.1. The lowest BCUT2D eigenvalue weighted by molar-refractivity contribution is 0.122. The number of ether oxygens (including phenoxy) is 1. The number of anilines is 1. The van der Waals surface area contributed by atoms with E-state index in [0.29, 0.717) is 0 Å². The summed E-state index contributed by atoms with van der Waals surface area (Å²) in [6, 6.07) is 12.0. The fraction of sp³-hybridized carbons (Fsp3) is 0.238. The van der Waals surface area contributed by atoms with E-state index >= 15 is 0 Å². The van der Waals surface area contributed by atoms with Gasteiger partial charge in [0.25, 0.3) is 0 Å². The van der Waals surface area contributed by atoms with E-state index in [9.17, 15) is 0 Å². The smallest absolute Gasteiger partial charge is 0.0928 e. The minimum absolute atomic E-state index is 0.743. The predicted octanol–water partition coefficient (Wildman–Crippen LogP) is 3.23. The molecule has 0 bridgehead atoms. The summed E-state index contributed by atoms with van der Waals surface area (Å²) in [7, 11) is 0. The highest BCUT2D eigenvalue weighted by atomic mass is 16.5. The molecule has 1 aliphatic heterocycles. The van der Waals surface area contributed by atoms with Gasteiger partial charge in [0.05, 0.1) is 59.4 Å². The summed E-state index contributed by atoms with van der Waals surface area (Å²) in [5.41, 5.74) is 7.28. The van der Waals surface area contributed by atoms with Gasteiger partial charge in [-0.2, -0.15) is 5.10 Å². The first-order chi connectivity index (χ1) is 13.8. The van der Waals surface area contributed by atoms with E-state index in [2.05, 4.69) is 31.1 Å². The van der Waals surface area contributed by atoms with Crippen molar-refractivity contribution in [2.75, 3.05) is 31.2 Å². The molecule has 1 aliphatic rings. The number of hydrogen-bond donors (Lipinski definition) is 1. The number of aromatic nitrogens is 5. The molecule has 1 N–H and O–H groups in total. The maximum absolute atomic E-state index is 5.45. The van der Waals surface area contributed by atoms with Crippen LogP contribution in [-0.2, 0) is 4.74 Å². The summed E-state index contributed by atoms with van der Waals surface area (Å²) in [6.07, 6.45) is 3.71. The number of fused-ring (bicyclic) bond motifs is 1. The van der Waals surface area contributed by atoms with E-state index in [4.69, 9.17) is 9.72 Å². The summed E-state index contributed by atoms with van der Waals surface area (Å²) >= 11 is 0. The van der Waals surface area contributed by atoms with Gasteiger partial charge < -0.3 is 9.64 Å². The first kappa shape index (κ1) is 16.8. The summed E-state index contributed by atoms with van der Waals surface area (Å²) in [5.74, 6) is 0. The summed E-state index contributed by atoms with van der Waals surface area (Å²) in [5, 5.41) is 7.30. The second kappa shape index (κ2) is 7.01. The highest BCUT2D eigenvalue weighted by Gasteiger charge is 2.15. The van der Waals surface area contributed by atoms with Crippen LogP contribution >= 0.6 is 0 Å². The Balaban J connectivity index is 1.56. The van der Waals surface area contributed by atoms with Crippen molar-refractivity contribution in [1.82, 2.24) is 25.1 Å². The molecular weight excluding hydrogens is 352 g/mol. The molecule has 7 heteroatoms. The molecule has 4 aromatic heterocycles. The van der Waals surface area contributed by atoms with Gasteiger partial charge in [-0.1, -0.05) is 6.07 Å². The number of aromatic amines is 1. The Morgan fingerprint density at radius 1 is 0.964 bits per heavy atom. The average molecular weight is 372 g/mol. The first-order valence-electron chi connectivity index (χ1n) is 9.35. The number of H-pyrrole nitrogens is 1. The molecule has 1 fully saturated rings. The summed E-state index contributed by atoms with van der Waals surface area (Å²) < 4.78 is 5.45. The maximum atomic E-state index is 5.45. The molecule has 4 aromatic rings. The minimum atomic E-state index is 0.743. The molecule has 0 saturated carbocycles. The third-order valence-corrected chi connectivity index (χ3v) is 4.96. The molecular formula is C21H20N6O. The molecule has 0 unspecified atom stereocenters. The number of hydrogen-bond acceptors (Lipinski definition) is 6. The van der Waals surface area contributed by atoms with Gasteiger partial charge in [-0.25, -0.2) is 4.98 Å². The van der Waals surface area contributed by atoms with Crippen molar-refractivity contribution >= 4 is 16.7 Å². The van der Waals surface area contributed by atoms with Crippen molar-refractivity contribution < 1.29 is 4.74 Å². The Morgan fingerprint density at radius 3 is 2.71 bits per heavy atom. The molecule has 5 rings (SSSR count). The lowest BCUT2D eigenvalue weighted by Crippen LogP contribution is -2.36. The number of nitrogens with one attached hydrogen (secondary N) is 1. The third kappa shape index (κ3) is 3.10. The molecule has 0 aromatic carbocycles. The number of aryl methyl sites for hydroxylation is 1. The van der Waals surface area contributed by atoms with Crippen LogP contribution in [0, 0.1) is 6.92 Å². The third-order valence-electron chi connectivity index (χ3n) is 4.96. The van der Waals surface area contributed by atoms with Gasteiger partial charge in [-0.3, -0.25) is 15.1 Å². The van der Waals surface area contributed by atoms with Gasteiger partial charge in [0.15, 0.2) is 0 Å². The van der Waals surface area contributed by atoms with Gasteiger partial charge in [-0.05, 0) is 37.3 Å². The van der Waals surface area contributed by atoms with Gasteiger partial charge in [-0.15, -0.1) is 0 Å². The lowest BCUT2D eigenvalue weighted by Gasteiger charge is -2.28. The van der Waals surface area contributed by atoms with Crippen molar-refractivity contribution in [3.05, 3.63) is 54.5 Å². The van der Waals surface area contributed by atoms with Crippen LogP contribution in [0.1, 0.15) is 5.69 Å². The van der Waals surface area contributed by atoms with Crippen molar-refractivity contribution in [2.45, 2.75) is 6.92 Å². The fourth-order valence-electron chi connectivity index (χ4n) is 3.50. The van der Waals surface area contributed by atoms with E-state index in [0.717, 1.165) is 71.4 Å². The number of pyridine rings is 3. The van der Waals surface area contributed by atoms with E-state index in [-0.39, 0.29) is 0 Å². The van der Waals surface area contributed by atoms with E-state index in [1.807, 2.05) is 43.5 Å². The van der Waals surface area contributed by atoms with Gasteiger partial charge in [0.2, 0.25) is 0 Å². The molecule has 0 aliphatic carbocycles. The molecule has 7 nitrogen and oxygen atoms in total. The van der Waals surface area contributed by atoms with Crippen LogP contribution in [0.25, 0.3) is 33.7 Å². The van der Waals surface area contributed by atoms with Gasteiger partial charge in [0.1, 0.15) is 0 Å². The largest absolute Gasteiger partial charge is 0.378 e. The van der Waals surface area contributed by atoms with E-state index in [1.165, 1.54) is 0 Å². The van der Waals surface area contributed by atoms with Gasteiger partial charge in [0, 0.05) is 24.3 Å². The molecule has 28 heavy (non-hydrogen) atoms. The highest BCUT2D eigenvalue weighted by molar-refractivity contribution is 5.84. The van der Waals surface area contributed by atoms with Crippen LogP contribution in [0.4, 0.5) is 5.69 Å². The second-order valence-corrected chi connectivity index (χ2v) is 6.85. The number of rotatable bonds is 3. The number of morpholine rings is 1. The number of nitrogens with zero attached hydrogens (tertiary/aromatic N) is 5. The first-order valence-corrected chi connectivity index (χ1v) is 9.35. The van der Waals surface area contributed by atoms with Crippen LogP contribution in [0.3, 0.4) is 0 Å². The Bertz CT molecular complexity index is 1130. The molecule has 0 atom stereocenters. The van der Waals surface area contributed by atoms with Crippen LogP contribution < -0.4 is 4.90 Å². The Kier molecular flexibility index (Phi) is 4.21. The highest BCUT2D eigenvalue weighted by Crippen LogP contribution is 2.29. The molecule has 1 saturated heterocycles. The quantitative estimate of drug-likeness (QED) is 0.595. The standard InChI is InChI=1S/C21H20N6O/c1-14-3-2-4-19(24-14)21-16(13-23-26-21)17-5-6-18-20(25-17)11-15(12-22-18)27-7-9-28-10-8-27/h2-6,11-13H,7-10H2,1H3,(H,23,26). The Labute approximate surface area is 162 Å². The normalized spacial score (nSPS) is 14.5. The zero-order valence-electron chi connectivity index (χ0n) is 15.6. The summed E-state index contributed by atoms with van der Waals surface area (Å²) in [4.78, 5) is 16.4. The van der Waals surface area contributed by atoms with E-state index < -0.39 is 0 Å². The Hall–Kier alpha value is -3.32. The Morgan fingerprint density at radius 2 is 1.86 bits per heavy atom. The fourth-order valence-corrected chi connectivity index (χ4v) is 3.50. The zero-order chi connectivity index (χ0) is 18.9. The van der Waals surface area contributed by atoms with Crippen molar-refractivity contribution in [1.29, 1.82) is 0 Å². The topological polar surface area (TPSA) is 79.8 Å².